The SMILES string of the molecule is CCCCNC(=O)NC(=O)CN(C)Cc1ccc(CC)cc1. The fourth-order valence-corrected chi connectivity index (χ4v) is 2.08. The molecule has 0 saturated carbocycles. The van der Waals surface area contributed by atoms with E-state index in [0.29, 0.717) is 13.1 Å². The topological polar surface area (TPSA) is 61.4 Å². The minimum Gasteiger partial charge on any atom is -0.338 e. The maximum atomic E-state index is 11.8. The Labute approximate surface area is 133 Å². The maximum absolute atomic E-state index is 11.8. The molecule has 3 amide bonds. The van der Waals surface area contributed by atoms with Crippen molar-refractivity contribution in [3.05, 3.63) is 35.4 Å². The lowest BCUT2D eigenvalue weighted by Gasteiger charge is -2.16. The minimum atomic E-state index is -0.417. The lowest BCUT2D eigenvalue weighted by Crippen LogP contribution is -2.43. The number of hydrogen-bond donors (Lipinski definition) is 2. The van der Waals surface area contributed by atoms with Crippen molar-refractivity contribution < 1.29 is 9.59 Å². The van der Waals surface area contributed by atoms with E-state index >= 15 is 0 Å². The van der Waals surface area contributed by atoms with Crippen LogP contribution in [-0.4, -0.2) is 37.0 Å². The van der Waals surface area contributed by atoms with Gasteiger partial charge in [0.25, 0.3) is 0 Å². The van der Waals surface area contributed by atoms with Gasteiger partial charge in [0.1, 0.15) is 0 Å². The van der Waals surface area contributed by atoms with Gasteiger partial charge in [0.05, 0.1) is 6.54 Å². The molecule has 0 bridgehead atoms. The van der Waals surface area contributed by atoms with E-state index in [0.717, 1.165) is 24.8 Å². The number of likely N-dealkylation sites (N-methyl/N-ethyl adjacent to an activating group) is 1. The summed E-state index contributed by atoms with van der Waals surface area (Å²) in [6, 6.07) is 7.93. The Morgan fingerprint density at radius 1 is 1.09 bits per heavy atom. The quantitative estimate of drug-likeness (QED) is 0.725. The normalized spacial score (nSPS) is 10.5. The van der Waals surface area contributed by atoms with Gasteiger partial charge in [0.2, 0.25) is 5.91 Å². The Morgan fingerprint density at radius 3 is 2.32 bits per heavy atom. The standard InChI is InChI=1S/C17H27N3O2/c1-4-6-11-18-17(22)19-16(21)13-20(3)12-15-9-7-14(5-2)8-10-15/h7-10H,4-6,11-13H2,1-3H3,(H2,18,19,21,22). The first kappa shape index (κ1) is 18.2. The molecule has 0 unspecified atom stereocenters. The molecule has 0 radical (unpaired) electrons. The number of carbonyl (C=O) groups excluding carboxylic acids is 2. The highest BCUT2D eigenvalue weighted by Crippen LogP contribution is 2.07. The van der Waals surface area contributed by atoms with Crippen molar-refractivity contribution in [2.45, 2.75) is 39.7 Å². The van der Waals surface area contributed by atoms with Gasteiger partial charge in [-0.15, -0.1) is 0 Å². The van der Waals surface area contributed by atoms with Gasteiger partial charge in [-0.2, -0.15) is 0 Å². The molecule has 1 aromatic rings. The Morgan fingerprint density at radius 2 is 1.73 bits per heavy atom. The van der Waals surface area contributed by atoms with E-state index in [1.54, 1.807) is 0 Å². The van der Waals surface area contributed by atoms with Gasteiger partial charge < -0.3 is 5.32 Å². The van der Waals surface area contributed by atoms with E-state index in [2.05, 4.69) is 41.8 Å². The highest BCUT2D eigenvalue weighted by atomic mass is 16.2. The van der Waals surface area contributed by atoms with E-state index in [-0.39, 0.29) is 12.5 Å². The van der Waals surface area contributed by atoms with Crippen molar-refractivity contribution in [2.75, 3.05) is 20.1 Å². The highest BCUT2D eigenvalue weighted by Gasteiger charge is 2.10. The van der Waals surface area contributed by atoms with E-state index in [9.17, 15) is 9.59 Å². The summed E-state index contributed by atoms with van der Waals surface area (Å²) >= 11 is 0. The first-order valence-corrected chi connectivity index (χ1v) is 7.89. The second kappa shape index (κ2) is 9.95. The number of nitrogens with zero attached hydrogens (tertiary/aromatic N) is 1. The van der Waals surface area contributed by atoms with Gasteiger partial charge in [0, 0.05) is 13.1 Å². The molecule has 0 spiro atoms. The average molecular weight is 305 g/mol. The van der Waals surface area contributed by atoms with Gasteiger partial charge in [-0.1, -0.05) is 44.5 Å². The molecule has 5 nitrogen and oxygen atoms in total. The van der Waals surface area contributed by atoms with E-state index in [1.165, 1.54) is 5.56 Å². The van der Waals surface area contributed by atoms with Crippen LogP contribution in [0.3, 0.4) is 0 Å². The van der Waals surface area contributed by atoms with Crippen LogP contribution in [0, 0.1) is 0 Å². The van der Waals surface area contributed by atoms with Gasteiger partial charge in [-0.25, -0.2) is 4.79 Å². The number of unbranched alkanes of at least 4 members (excludes halogenated alkanes) is 1. The first-order chi connectivity index (χ1) is 10.5. The lowest BCUT2D eigenvalue weighted by atomic mass is 10.1. The zero-order valence-corrected chi connectivity index (χ0v) is 13.8. The van der Waals surface area contributed by atoms with Crippen LogP contribution in [0.2, 0.25) is 0 Å². The van der Waals surface area contributed by atoms with E-state index < -0.39 is 6.03 Å². The van der Waals surface area contributed by atoms with Crippen LogP contribution in [0.25, 0.3) is 0 Å². The molecule has 0 atom stereocenters. The molecule has 0 aliphatic heterocycles. The second-order valence-electron chi connectivity index (χ2n) is 5.50. The number of benzene rings is 1. The van der Waals surface area contributed by atoms with Crippen molar-refractivity contribution in [3.63, 3.8) is 0 Å². The molecule has 5 heteroatoms. The fraction of sp³-hybridized carbons (Fsp3) is 0.529. The van der Waals surface area contributed by atoms with E-state index in [4.69, 9.17) is 0 Å². The molecular weight excluding hydrogens is 278 g/mol. The summed E-state index contributed by atoms with van der Waals surface area (Å²) in [4.78, 5) is 25.1. The Bertz CT molecular complexity index is 471. The first-order valence-electron chi connectivity index (χ1n) is 7.89. The molecule has 2 N–H and O–H groups in total. The van der Waals surface area contributed by atoms with Crippen LogP contribution >= 0.6 is 0 Å². The Kier molecular flexibility index (Phi) is 8.22. The van der Waals surface area contributed by atoms with Gasteiger partial charge >= 0.3 is 6.03 Å². The summed E-state index contributed by atoms with van der Waals surface area (Å²) in [5, 5.41) is 5.00. The number of aryl methyl sites for hydroxylation is 1. The third-order valence-electron chi connectivity index (χ3n) is 3.37. The maximum Gasteiger partial charge on any atom is 0.321 e. The van der Waals surface area contributed by atoms with Crippen molar-refractivity contribution in [1.82, 2.24) is 15.5 Å². The van der Waals surface area contributed by atoms with Crippen LogP contribution < -0.4 is 10.6 Å². The van der Waals surface area contributed by atoms with Crippen LogP contribution in [0.4, 0.5) is 4.79 Å². The molecule has 22 heavy (non-hydrogen) atoms. The number of rotatable bonds is 8. The molecule has 1 aromatic carbocycles. The van der Waals surface area contributed by atoms with Crippen LogP contribution in [0.5, 0.6) is 0 Å². The third-order valence-corrected chi connectivity index (χ3v) is 3.37. The molecule has 0 heterocycles. The number of urea groups is 1. The lowest BCUT2D eigenvalue weighted by molar-refractivity contribution is -0.120. The molecule has 0 aromatic heterocycles. The van der Waals surface area contributed by atoms with E-state index in [1.807, 2.05) is 18.9 Å². The summed E-state index contributed by atoms with van der Waals surface area (Å²) in [7, 11) is 1.86. The van der Waals surface area contributed by atoms with Crippen LogP contribution in [0.1, 0.15) is 37.8 Å². The molecule has 0 aliphatic rings. The van der Waals surface area contributed by atoms with Gasteiger partial charge in [-0.05, 0) is 31.0 Å². The molecule has 0 aliphatic carbocycles. The van der Waals surface area contributed by atoms with Crippen molar-refractivity contribution in [3.8, 4) is 0 Å². The summed E-state index contributed by atoms with van der Waals surface area (Å²) in [5.74, 6) is -0.290. The number of nitrogens with one attached hydrogen (secondary N) is 2. The average Bonchev–Trinajstić information content (AvgIpc) is 2.47. The largest absolute Gasteiger partial charge is 0.338 e. The number of amides is 3. The van der Waals surface area contributed by atoms with Gasteiger partial charge in [-0.3, -0.25) is 15.0 Å². The predicted octanol–water partition coefficient (Wildman–Crippen LogP) is 2.31. The zero-order valence-electron chi connectivity index (χ0n) is 13.8. The summed E-state index contributed by atoms with van der Waals surface area (Å²) < 4.78 is 0. The fourth-order valence-electron chi connectivity index (χ4n) is 2.08. The summed E-state index contributed by atoms with van der Waals surface area (Å²) in [6.07, 6.45) is 2.94. The molecule has 0 fully saturated rings. The summed E-state index contributed by atoms with van der Waals surface area (Å²) in [6.45, 7) is 5.63. The molecule has 1 rings (SSSR count). The Hall–Kier alpha value is -1.88. The summed E-state index contributed by atoms with van der Waals surface area (Å²) in [5.41, 5.74) is 2.45. The van der Waals surface area contributed by atoms with Crippen molar-refractivity contribution >= 4 is 11.9 Å². The molecular formula is C17H27N3O2. The monoisotopic (exact) mass is 305 g/mol. The molecule has 122 valence electrons. The van der Waals surface area contributed by atoms with Crippen LogP contribution in [0.15, 0.2) is 24.3 Å². The third kappa shape index (κ3) is 7.22. The predicted molar refractivity (Wildman–Crippen MR) is 88.6 cm³/mol. The van der Waals surface area contributed by atoms with Crippen molar-refractivity contribution in [1.29, 1.82) is 0 Å². The molecule has 0 saturated heterocycles. The number of imide groups is 1. The van der Waals surface area contributed by atoms with Crippen LogP contribution in [-0.2, 0) is 17.8 Å². The highest BCUT2D eigenvalue weighted by molar-refractivity contribution is 5.95. The smallest absolute Gasteiger partial charge is 0.321 e. The van der Waals surface area contributed by atoms with Gasteiger partial charge in [0.15, 0.2) is 0 Å². The number of hydrogen-bond acceptors (Lipinski definition) is 3. The minimum absolute atomic E-state index is 0.191. The zero-order chi connectivity index (χ0) is 16.4. The Balaban J connectivity index is 2.32. The second-order valence-corrected chi connectivity index (χ2v) is 5.50. The number of carbonyl (C=O) groups is 2. The van der Waals surface area contributed by atoms with Crippen molar-refractivity contribution in [2.24, 2.45) is 0 Å².